The SMILES string of the molecule is CC1(C)CC(CCCCC2CC(C)(C)N(O)C(C)(C)C2)CC(C)(C)N1O. The van der Waals surface area contributed by atoms with Crippen LogP contribution in [0.5, 0.6) is 0 Å². The molecule has 0 aromatic carbocycles. The van der Waals surface area contributed by atoms with Gasteiger partial charge in [-0.05, 0) is 92.9 Å². The molecule has 26 heavy (non-hydrogen) atoms. The van der Waals surface area contributed by atoms with Gasteiger partial charge in [-0.25, -0.2) is 0 Å². The van der Waals surface area contributed by atoms with E-state index in [1.165, 1.54) is 25.7 Å². The van der Waals surface area contributed by atoms with E-state index in [4.69, 9.17) is 0 Å². The van der Waals surface area contributed by atoms with Crippen LogP contribution in [-0.4, -0.2) is 42.7 Å². The minimum Gasteiger partial charge on any atom is -0.313 e. The largest absolute Gasteiger partial charge is 0.313 e. The fraction of sp³-hybridized carbons (Fsp3) is 1.00. The molecule has 0 amide bonds. The van der Waals surface area contributed by atoms with Gasteiger partial charge < -0.3 is 10.4 Å². The number of hydroxylamine groups is 4. The summed E-state index contributed by atoms with van der Waals surface area (Å²) >= 11 is 0. The van der Waals surface area contributed by atoms with E-state index in [0.29, 0.717) is 11.8 Å². The summed E-state index contributed by atoms with van der Waals surface area (Å²) in [5, 5.41) is 24.1. The zero-order valence-corrected chi connectivity index (χ0v) is 18.6. The van der Waals surface area contributed by atoms with E-state index < -0.39 is 0 Å². The molecule has 154 valence electrons. The lowest BCUT2D eigenvalue weighted by Gasteiger charge is -2.52. The minimum absolute atomic E-state index is 0.131. The molecule has 0 saturated carbocycles. The van der Waals surface area contributed by atoms with Gasteiger partial charge in [-0.3, -0.25) is 0 Å². The van der Waals surface area contributed by atoms with Crippen LogP contribution < -0.4 is 0 Å². The molecule has 2 fully saturated rings. The number of hydrogen-bond acceptors (Lipinski definition) is 4. The molecule has 0 radical (unpaired) electrons. The summed E-state index contributed by atoms with van der Waals surface area (Å²) in [6.07, 6.45) is 9.42. The second-order valence-electron chi connectivity index (χ2n) is 11.7. The van der Waals surface area contributed by atoms with Crippen molar-refractivity contribution in [2.45, 2.75) is 129 Å². The van der Waals surface area contributed by atoms with Crippen LogP contribution >= 0.6 is 0 Å². The summed E-state index contributed by atoms with van der Waals surface area (Å²) in [6.45, 7) is 17.3. The molecular weight excluding hydrogens is 324 g/mol. The third-order valence-corrected chi connectivity index (χ3v) is 6.92. The van der Waals surface area contributed by atoms with Crippen molar-refractivity contribution in [2.24, 2.45) is 11.8 Å². The van der Waals surface area contributed by atoms with E-state index in [1.807, 2.05) is 0 Å². The van der Waals surface area contributed by atoms with E-state index in [0.717, 1.165) is 25.7 Å². The molecule has 2 rings (SSSR count). The Balaban J connectivity index is 1.80. The molecule has 0 aliphatic carbocycles. The van der Waals surface area contributed by atoms with Gasteiger partial charge in [0.05, 0.1) is 0 Å². The van der Waals surface area contributed by atoms with Crippen LogP contribution in [-0.2, 0) is 0 Å². The fourth-order valence-electron chi connectivity index (χ4n) is 6.23. The van der Waals surface area contributed by atoms with Gasteiger partial charge in [-0.1, -0.05) is 25.7 Å². The zero-order valence-electron chi connectivity index (χ0n) is 18.6. The summed E-state index contributed by atoms with van der Waals surface area (Å²) in [4.78, 5) is 0. The topological polar surface area (TPSA) is 46.9 Å². The van der Waals surface area contributed by atoms with Gasteiger partial charge in [0.25, 0.3) is 0 Å². The van der Waals surface area contributed by atoms with Gasteiger partial charge >= 0.3 is 0 Å². The molecule has 2 saturated heterocycles. The van der Waals surface area contributed by atoms with E-state index in [2.05, 4.69) is 55.4 Å². The number of unbranched alkanes of at least 4 members (excludes halogenated alkanes) is 1. The molecule has 2 aliphatic rings. The van der Waals surface area contributed by atoms with Crippen molar-refractivity contribution in [1.82, 2.24) is 10.1 Å². The van der Waals surface area contributed by atoms with Gasteiger partial charge in [-0.2, -0.15) is 10.1 Å². The van der Waals surface area contributed by atoms with Crippen molar-refractivity contribution in [2.75, 3.05) is 0 Å². The lowest BCUT2D eigenvalue weighted by Crippen LogP contribution is -2.59. The summed E-state index contributed by atoms with van der Waals surface area (Å²) in [5.41, 5.74) is -0.522. The molecular formula is C22H44N2O2. The number of rotatable bonds is 5. The average molecular weight is 369 g/mol. The van der Waals surface area contributed by atoms with Crippen molar-refractivity contribution >= 4 is 0 Å². The molecule has 0 aromatic rings. The monoisotopic (exact) mass is 368 g/mol. The smallest absolute Gasteiger partial charge is 0.0413 e. The van der Waals surface area contributed by atoms with Crippen molar-refractivity contribution in [3.8, 4) is 0 Å². The predicted molar refractivity (Wildman–Crippen MR) is 107 cm³/mol. The Hall–Kier alpha value is -0.160. The molecule has 2 aliphatic heterocycles. The highest BCUT2D eigenvalue weighted by Gasteiger charge is 2.45. The van der Waals surface area contributed by atoms with Gasteiger partial charge in [0.2, 0.25) is 0 Å². The Bertz CT molecular complexity index is 405. The second-order valence-corrected chi connectivity index (χ2v) is 11.7. The number of hydrogen-bond donors (Lipinski definition) is 2. The molecule has 4 heteroatoms. The summed E-state index contributed by atoms with van der Waals surface area (Å²) in [6, 6.07) is 0. The van der Waals surface area contributed by atoms with E-state index in [1.54, 1.807) is 10.1 Å². The molecule has 0 atom stereocenters. The van der Waals surface area contributed by atoms with E-state index in [-0.39, 0.29) is 22.2 Å². The first-order valence-corrected chi connectivity index (χ1v) is 10.7. The minimum atomic E-state index is -0.131. The third kappa shape index (κ3) is 4.81. The normalized spacial score (nSPS) is 29.8. The first kappa shape index (κ1) is 22.1. The van der Waals surface area contributed by atoms with Crippen molar-refractivity contribution in [1.29, 1.82) is 0 Å². The van der Waals surface area contributed by atoms with Gasteiger partial charge in [0, 0.05) is 22.2 Å². The van der Waals surface area contributed by atoms with Crippen LogP contribution in [0.2, 0.25) is 0 Å². The van der Waals surface area contributed by atoms with Crippen LogP contribution in [0.25, 0.3) is 0 Å². The lowest BCUT2D eigenvalue weighted by atomic mass is 9.72. The Morgan fingerprint density at radius 1 is 0.577 bits per heavy atom. The fourth-order valence-corrected chi connectivity index (χ4v) is 6.23. The maximum Gasteiger partial charge on any atom is 0.0413 e. The number of nitrogens with zero attached hydrogens (tertiary/aromatic N) is 2. The Morgan fingerprint density at radius 3 is 1.04 bits per heavy atom. The highest BCUT2D eigenvalue weighted by Crippen LogP contribution is 2.43. The molecule has 2 heterocycles. The van der Waals surface area contributed by atoms with Crippen LogP contribution in [0.1, 0.15) is 107 Å². The molecule has 2 N–H and O–H groups in total. The van der Waals surface area contributed by atoms with Gasteiger partial charge in [0.15, 0.2) is 0 Å². The van der Waals surface area contributed by atoms with Crippen LogP contribution in [0.15, 0.2) is 0 Å². The summed E-state index contributed by atoms with van der Waals surface area (Å²) in [7, 11) is 0. The van der Waals surface area contributed by atoms with Crippen LogP contribution in [0, 0.1) is 11.8 Å². The molecule has 0 bridgehead atoms. The van der Waals surface area contributed by atoms with Gasteiger partial charge in [-0.15, -0.1) is 0 Å². The molecule has 4 nitrogen and oxygen atoms in total. The van der Waals surface area contributed by atoms with Crippen molar-refractivity contribution in [3.63, 3.8) is 0 Å². The van der Waals surface area contributed by atoms with E-state index in [9.17, 15) is 10.4 Å². The Labute approximate surface area is 161 Å². The Morgan fingerprint density at radius 2 is 0.808 bits per heavy atom. The highest BCUT2D eigenvalue weighted by molar-refractivity contribution is 4.97. The lowest BCUT2D eigenvalue weighted by molar-refractivity contribution is -0.252. The zero-order chi connectivity index (χ0) is 20.0. The highest BCUT2D eigenvalue weighted by atomic mass is 16.5. The second kappa shape index (κ2) is 7.35. The maximum absolute atomic E-state index is 10.5. The van der Waals surface area contributed by atoms with Crippen molar-refractivity contribution < 1.29 is 10.4 Å². The summed E-state index contributed by atoms with van der Waals surface area (Å²) < 4.78 is 0. The predicted octanol–water partition coefficient (Wildman–Crippen LogP) is 5.86. The average Bonchev–Trinajstić information content (AvgIpc) is 2.45. The first-order valence-electron chi connectivity index (χ1n) is 10.7. The molecule has 0 unspecified atom stereocenters. The summed E-state index contributed by atoms with van der Waals surface area (Å²) in [5.74, 6) is 1.41. The first-order chi connectivity index (χ1) is 11.7. The molecule has 0 aromatic heterocycles. The van der Waals surface area contributed by atoms with Crippen LogP contribution in [0.4, 0.5) is 0 Å². The van der Waals surface area contributed by atoms with Gasteiger partial charge in [0.1, 0.15) is 0 Å². The van der Waals surface area contributed by atoms with Crippen molar-refractivity contribution in [3.05, 3.63) is 0 Å². The van der Waals surface area contributed by atoms with E-state index >= 15 is 0 Å². The standard InChI is InChI=1S/C22H44N2O2/c1-19(2)13-17(14-20(3,4)23(19)25)11-9-10-12-18-15-21(5,6)24(26)22(7,8)16-18/h17-18,25-26H,9-16H2,1-8H3. The number of piperidine rings is 2. The maximum atomic E-state index is 10.5. The Kier molecular flexibility index (Phi) is 6.25. The quantitative estimate of drug-likeness (QED) is 0.596. The third-order valence-electron chi connectivity index (χ3n) is 6.92. The molecule has 0 spiro atoms. The van der Waals surface area contributed by atoms with Crippen LogP contribution in [0.3, 0.4) is 0 Å².